The molecule has 0 aromatic heterocycles. The van der Waals surface area contributed by atoms with E-state index in [1.165, 1.54) is 34.3 Å². The monoisotopic (exact) mass is 437 g/mol. The van der Waals surface area contributed by atoms with Crippen LogP contribution in [0.25, 0.3) is 0 Å². The van der Waals surface area contributed by atoms with Crippen LogP contribution >= 0.6 is 11.6 Å². The standard InChI is InChI=1S/C27H32ClNO2/c1-18(2)20-10-8-19(9-11-20)17-29-13-12-21-15-25(30-3)26(31-4)16-24(21)27(29)22-6-5-7-23(28)14-22/h5-8,14-16,20,27H,1,9-13,17H2,2-4H3/t20-,27+/m1/s1. The highest BCUT2D eigenvalue weighted by Crippen LogP contribution is 2.42. The van der Waals surface area contributed by atoms with Crippen LogP contribution in [0.3, 0.4) is 0 Å². The molecule has 0 amide bonds. The fourth-order valence-corrected chi connectivity index (χ4v) is 5.17. The predicted octanol–water partition coefficient (Wildman–Crippen LogP) is 6.61. The molecule has 0 unspecified atom stereocenters. The predicted molar refractivity (Wildman–Crippen MR) is 128 cm³/mol. The first-order chi connectivity index (χ1) is 15.0. The van der Waals surface area contributed by atoms with Gasteiger partial charge in [-0.1, -0.05) is 47.5 Å². The van der Waals surface area contributed by atoms with E-state index in [0.29, 0.717) is 5.92 Å². The van der Waals surface area contributed by atoms with E-state index in [4.69, 9.17) is 21.1 Å². The van der Waals surface area contributed by atoms with Crippen LogP contribution in [0.2, 0.25) is 5.02 Å². The van der Waals surface area contributed by atoms with E-state index in [1.54, 1.807) is 14.2 Å². The van der Waals surface area contributed by atoms with Gasteiger partial charge in [0.25, 0.3) is 0 Å². The Morgan fingerprint density at radius 3 is 2.55 bits per heavy atom. The Balaban J connectivity index is 1.70. The molecule has 0 saturated heterocycles. The van der Waals surface area contributed by atoms with E-state index in [-0.39, 0.29) is 6.04 Å². The van der Waals surface area contributed by atoms with Crippen molar-refractivity contribution in [3.8, 4) is 11.5 Å². The number of hydrogen-bond acceptors (Lipinski definition) is 3. The van der Waals surface area contributed by atoms with Gasteiger partial charge in [-0.3, -0.25) is 4.90 Å². The van der Waals surface area contributed by atoms with E-state index in [0.717, 1.165) is 48.9 Å². The summed E-state index contributed by atoms with van der Waals surface area (Å²) in [5.41, 5.74) is 6.66. The van der Waals surface area contributed by atoms with Gasteiger partial charge in [0.1, 0.15) is 0 Å². The van der Waals surface area contributed by atoms with Crippen LogP contribution in [0.15, 0.2) is 60.2 Å². The molecule has 2 atom stereocenters. The summed E-state index contributed by atoms with van der Waals surface area (Å²) in [6.07, 6.45) is 6.91. The van der Waals surface area contributed by atoms with Crippen molar-refractivity contribution < 1.29 is 9.47 Å². The van der Waals surface area contributed by atoms with E-state index in [2.05, 4.69) is 48.7 Å². The van der Waals surface area contributed by atoms with Gasteiger partial charge in [-0.15, -0.1) is 0 Å². The van der Waals surface area contributed by atoms with Gasteiger partial charge in [-0.25, -0.2) is 0 Å². The lowest BCUT2D eigenvalue weighted by Gasteiger charge is -2.39. The SMILES string of the molecule is C=C(C)[C@@H]1CC=C(CN2CCc3cc(OC)c(OC)cc3[C@@H]2c2cccc(Cl)c2)CC1. The van der Waals surface area contributed by atoms with E-state index in [9.17, 15) is 0 Å². The molecule has 0 N–H and O–H groups in total. The maximum Gasteiger partial charge on any atom is 0.161 e. The highest BCUT2D eigenvalue weighted by Gasteiger charge is 2.31. The average molecular weight is 438 g/mol. The fourth-order valence-electron chi connectivity index (χ4n) is 4.98. The Hall–Kier alpha value is -2.23. The van der Waals surface area contributed by atoms with Gasteiger partial charge in [0.15, 0.2) is 11.5 Å². The Morgan fingerprint density at radius 1 is 1.13 bits per heavy atom. The minimum atomic E-state index is 0.141. The normalized spacial score (nSPS) is 21.2. The molecule has 1 aliphatic heterocycles. The van der Waals surface area contributed by atoms with Gasteiger partial charge in [0.2, 0.25) is 0 Å². The molecule has 1 aliphatic carbocycles. The molecule has 0 saturated carbocycles. The number of methoxy groups -OCH3 is 2. The number of nitrogens with zero attached hydrogens (tertiary/aromatic N) is 1. The number of fused-ring (bicyclic) bond motifs is 1. The molecule has 2 aromatic carbocycles. The lowest BCUT2D eigenvalue weighted by Crippen LogP contribution is -2.37. The van der Waals surface area contributed by atoms with Crippen molar-refractivity contribution in [1.82, 2.24) is 4.90 Å². The van der Waals surface area contributed by atoms with Crippen LogP contribution in [-0.4, -0.2) is 32.2 Å². The van der Waals surface area contributed by atoms with Crippen LogP contribution < -0.4 is 9.47 Å². The van der Waals surface area contributed by atoms with Gasteiger partial charge < -0.3 is 9.47 Å². The van der Waals surface area contributed by atoms with Crippen molar-refractivity contribution in [3.63, 3.8) is 0 Å². The lowest BCUT2D eigenvalue weighted by atomic mass is 9.84. The summed E-state index contributed by atoms with van der Waals surface area (Å²) >= 11 is 6.40. The molecule has 0 bridgehead atoms. The third-order valence-corrected chi connectivity index (χ3v) is 6.98. The minimum absolute atomic E-state index is 0.141. The summed E-state index contributed by atoms with van der Waals surface area (Å²) in [6.45, 7) is 8.30. The summed E-state index contributed by atoms with van der Waals surface area (Å²) in [6, 6.07) is 12.7. The van der Waals surface area contributed by atoms with Crippen molar-refractivity contribution in [3.05, 3.63) is 81.9 Å². The first-order valence-electron chi connectivity index (χ1n) is 11.1. The first kappa shape index (κ1) is 22.0. The Labute approximate surface area is 191 Å². The van der Waals surface area contributed by atoms with E-state index in [1.807, 2.05) is 12.1 Å². The molecule has 3 nitrogen and oxygen atoms in total. The van der Waals surface area contributed by atoms with Crippen molar-refractivity contribution >= 4 is 11.6 Å². The van der Waals surface area contributed by atoms with Crippen LogP contribution in [0.4, 0.5) is 0 Å². The number of hydrogen-bond donors (Lipinski definition) is 0. The Bertz CT molecular complexity index is 997. The van der Waals surface area contributed by atoms with Crippen molar-refractivity contribution in [2.45, 2.75) is 38.6 Å². The average Bonchev–Trinajstić information content (AvgIpc) is 2.78. The van der Waals surface area contributed by atoms with Crippen LogP contribution in [0.1, 0.15) is 48.9 Å². The Kier molecular flexibility index (Phi) is 6.74. The Morgan fingerprint density at radius 2 is 1.90 bits per heavy atom. The van der Waals surface area contributed by atoms with Gasteiger partial charge >= 0.3 is 0 Å². The zero-order valence-electron chi connectivity index (χ0n) is 18.8. The molecule has 164 valence electrons. The number of allylic oxidation sites excluding steroid dienone is 2. The second-order valence-electron chi connectivity index (χ2n) is 8.76. The number of rotatable bonds is 6. The van der Waals surface area contributed by atoms with Gasteiger partial charge in [-0.2, -0.15) is 0 Å². The van der Waals surface area contributed by atoms with Gasteiger partial charge in [-0.05, 0) is 79.5 Å². The van der Waals surface area contributed by atoms with Crippen LogP contribution in [0, 0.1) is 5.92 Å². The van der Waals surface area contributed by atoms with Crippen molar-refractivity contribution in [2.75, 3.05) is 27.3 Å². The first-order valence-corrected chi connectivity index (χ1v) is 11.5. The largest absolute Gasteiger partial charge is 0.493 e. The molecular weight excluding hydrogens is 406 g/mol. The quantitative estimate of drug-likeness (QED) is 0.474. The fraction of sp³-hybridized carbons (Fsp3) is 0.407. The zero-order chi connectivity index (χ0) is 22.0. The molecule has 0 radical (unpaired) electrons. The van der Waals surface area contributed by atoms with Crippen molar-refractivity contribution in [1.29, 1.82) is 0 Å². The smallest absolute Gasteiger partial charge is 0.161 e. The summed E-state index contributed by atoms with van der Waals surface area (Å²) < 4.78 is 11.2. The molecular formula is C27H32ClNO2. The summed E-state index contributed by atoms with van der Waals surface area (Å²) in [7, 11) is 3.39. The number of halogens is 1. The minimum Gasteiger partial charge on any atom is -0.493 e. The number of benzene rings is 2. The highest BCUT2D eigenvalue weighted by atomic mass is 35.5. The summed E-state index contributed by atoms with van der Waals surface area (Å²) in [5.74, 6) is 2.20. The second-order valence-corrected chi connectivity index (χ2v) is 9.20. The van der Waals surface area contributed by atoms with E-state index < -0.39 is 0 Å². The van der Waals surface area contributed by atoms with Gasteiger partial charge in [0.05, 0.1) is 20.3 Å². The molecule has 2 aliphatic rings. The lowest BCUT2D eigenvalue weighted by molar-refractivity contribution is 0.226. The molecule has 0 fully saturated rings. The molecule has 31 heavy (non-hydrogen) atoms. The third kappa shape index (κ3) is 4.68. The maximum absolute atomic E-state index is 6.40. The number of ether oxygens (including phenoxy) is 2. The molecule has 0 spiro atoms. The summed E-state index contributed by atoms with van der Waals surface area (Å²) in [4.78, 5) is 2.59. The van der Waals surface area contributed by atoms with E-state index >= 15 is 0 Å². The molecule has 4 heteroatoms. The molecule has 1 heterocycles. The van der Waals surface area contributed by atoms with Crippen molar-refractivity contribution in [2.24, 2.45) is 5.92 Å². The topological polar surface area (TPSA) is 21.7 Å². The molecule has 4 rings (SSSR count). The maximum atomic E-state index is 6.40. The highest BCUT2D eigenvalue weighted by molar-refractivity contribution is 6.30. The summed E-state index contributed by atoms with van der Waals surface area (Å²) in [5, 5.41) is 0.770. The molecule has 2 aromatic rings. The van der Waals surface area contributed by atoms with Crippen LogP contribution in [-0.2, 0) is 6.42 Å². The zero-order valence-corrected chi connectivity index (χ0v) is 19.5. The van der Waals surface area contributed by atoms with Crippen LogP contribution in [0.5, 0.6) is 11.5 Å². The second kappa shape index (κ2) is 9.50. The third-order valence-electron chi connectivity index (χ3n) is 6.75. The van der Waals surface area contributed by atoms with Gasteiger partial charge in [0, 0.05) is 18.1 Å².